The van der Waals surface area contributed by atoms with Crippen LogP contribution in [0, 0.1) is 5.92 Å². The van der Waals surface area contributed by atoms with E-state index in [1.807, 2.05) is 25.1 Å². The quantitative estimate of drug-likeness (QED) is 0.506. The lowest BCUT2D eigenvalue weighted by Gasteiger charge is -2.21. The van der Waals surface area contributed by atoms with Crippen molar-refractivity contribution in [1.29, 1.82) is 0 Å². The summed E-state index contributed by atoms with van der Waals surface area (Å²) in [7, 11) is 0. The molecular formula is C21H20N2O2. The molecule has 3 aromatic rings. The van der Waals surface area contributed by atoms with Crippen molar-refractivity contribution in [2.75, 3.05) is 0 Å². The summed E-state index contributed by atoms with van der Waals surface area (Å²) in [5.74, 6) is -0.523. The van der Waals surface area contributed by atoms with Gasteiger partial charge in [0.05, 0.1) is 18.0 Å². The van der Waals surface area contributed by atoms with Crippen molar-refractivity contribution in [2.45, 2.75) is 27.3 Å². The Labute approximate surface area is 146 Å². The molecule has 4 rings (SSSR count). The second-order valence-electron chi connectivity index (χ2n) is 6.62. The molecule has 0 saturated heterocycles. The summed E-state index contributed by atoms with van der Waals surface area (Å²) < 4.78 is 2.32. The minimum absolute atomic E-state index is 0.204. The lowest BCUT2D eigenvalue weighted by atomic mass is 9.96. The van der Waals surface area contributed by atoms with Crippen LogP contribution in [-0.2, 0) is 16.2 Å². The first-order valence-corrected chi connectivity index (χ1v) is 8.56. The van der Waals surface area contributed by atoms with E-state index >= 15 is 0 Å². The summed E-state index contributed by atoms with van der Waals surface area (Å²) in [5.41, 5.74) is 5.16. The van der Waals surface area contributed by atoms with Crippen LogP contribution >= 0.6 is 0 Å². The Kier molecular flexibility index (Phi) is 3.68. The van der Waals surface area contributed by atoms with E-state index in [9.17, 15) is 4.79 Å². The topological polar surface area (TPSA) is 43.6 Å². The van der Waals surface area contributed by atoms with Crippen molar-refractivity contribution in [3.63, 3.8) is 0 Å². The fraction of sp³-hybridized carbons (Fsp3) is 0.238. The van der Waals surface area contributed by atoms with Gasteiger partial charge in [-0.1, -0.05) is 61.5 Å². The van der Waals surface area contributed by atoms with E-state index in [1.165, 1.54) is 16.3 Å². The maximum atomic E-state index is 11.9. The third-order valence-electron chi connectivity index (χ3n) is 4.73. The third-order valence-corrected chi connectivity index (χ3v) is 4.73. The van der Waals surface area contributed by atoms with Gasteiger partial charge in [-0.3, -0.25) is 0 Å². The average molecular weight is 332 g/mol. The van der Waals surface area contributed by atoms with Crippen LogP contribution in [0.1, 0.15) is 26.3 Å². The minimum Gasteiger partial charge on any atom is -0.335 e. The maximum Gasteiger partial charge on any atom is 0.337 e. The van der Waals surface area contributed by atoms with Crippen LogP contribution in [0.2, 0.25) is 0 Å². The van der Waals surface area contributed by atoms with E-state index in [1.54, 1.807) is 13.8 Å². The smallest absolute Gasteiger partial charge is 0.335 e. The summed E-state index contributed by atoms with van der Waals surface area (Å²) in [6, 6.07) is 14.6. The number of nitrogens with zero attached hydrogens (tertiary/aromatic N) is 2. The normalized spacial score (nSPS) is 17.1. The predicted octanol–water partition coefficient (Wildman–Crippen LogP) is 4.66. The first kappa shape index (κ1) is 15.6. The Hall–Kier alpha value is -2.88. The van der Waals surface area contributed by atoms with Crippen LogP contribution in [0.4, 0.5) is 0 Å². The highest BCUT2D eigenvalue weighted by Crippen LogP contribution is 2.36. The van der Waals surface area contributed by atoms with Crippen LogP contribution < -0.4 is 0 Å². The van der Waals surface area contributed by atoms with Crippen LogP contribution in [0.25, 0.3) is 21.8 Å². The monoisotopic (exact) mass is 332 g/mol. The molecule has 0 N–H and O–H groups in total. The van der Waals surface area contributed by atoms with Crippen molar-refractivity contribution in [3.8, 4) is 0 Å². The minimum atomic E-state index is -0.318. The molecule has 2 heterocycles. The zero-order chi connectivity index (χ0) is 17.6. The van der Waals surface area contributed by atoms with Gasteiger partial charge < -0.3 is 9.40 Å². The molecule has 1 aliphatic heterocycles. The maximum absolute atomic E-state index is 11.9. The van der Waals surface area contributed by atoms with Gasteiger partial charge in [-0.25, -0.2) is 4.79 Å². The molecule has 1 aliphatic rings. The van der Waals surface area contributed by atoms with Crippen LogP contribution in [0.15, 0.2) is 59.3 Å². The van der Waals surface area contributed by atoms with Gasteiger partial charge in [0.2, 0.25) is 0 Å². The van der Waals surface area contributed by atoms with Crippen molar-refractivity contribution in [2.24, 2.45) is 11.1 Å². The van der Waals surface area contributed by atoms with E-state index in [4.69, 9.17) is 4.84 Å². The van der Waals surface area contributed by atoms with E-state index in [2.05, 4.69) is 40.1 Å². The molecule has 1 aromatic heterocycles. The number of hydrogen-bond acceptors (Lipinski definition) is 3. The van der Waals surface area contributed by atoms with Crippen molar-refractivity contribution in [1.82, 2.24) is 4.57 Å². The van der Waals surface area contributed by atoms with Gasteiger partial charge in [0.1, 0.15) is 5.71 Å². The standard InChI is InChI=1S/C21H20N2O2/c1-4-14-12-23-18-11-6-5-8-15(18)16-9-7-10-17(20(16)23)19(14)22-25-21(24)13(2)3/h4-11,13H,12H2,1-3H3/b14-4+,22-19+. The number of aromatic nitrogens is 1. The third kappa shape index (κ3) is 2.37. The average Bonchev–Trinajstić information content (AvgIpc) is 2.96. The second-order valence-corrected chi connectivity index (χ2v) is 6.62. The van der Waals surface area contributed by atoms with Crippen molar-refractivity contribution >= 4 is 33.5 Å². The summed E-state index contributed by atoms with van der Waals surface area (Å²) in [6.45, 7) is 6.32. The van der Waals surface area contributed by atoms with Crippen LogP contribution in [0.3, 0.4) is 0 Å². The number of carbonyl (C=O) groups excluding carboxylic acids is 1. The van der Waals surface area contributed by atoms with E-state index in [0.717, 1.165) is 28.9 Å². The fourth-order valence-corrected chi connectivity index (χ4v) is 3.41. The summed E-state index contributed by atoms with van der Waals surface area (Å²) in [6.07, 6.45) is 2.04. The Morgan fingerprint density at radius 2 is 1.92 bits per heavy atom. The number of hydrogen-bond donors (Lipinski definition) is 0. The molecule has 0 spiro atoms. The van der Waals surface area contributed by atoms with Gasteiger partial charge in [0.25, 0.3) is 0 Å². The van der Waals surface area contributed by atoms with Gasteiger partial charge in [-0.05, 0) is 18.6 Å². The summed E-state index contributed by atoms with van der Waals surface area (Å²) >= 11 is 0. The van der Waals surface area contributed by atoms with Gasteiger partial charge in [0.15, 0.2) is 0 Å². The van der Waals surface area contributed by atoms with Crippen molar-refractivity contribution < 1.29 is 9.63 Å². The van der Waals surface area contributed by atoms with Crippen LogP contribution in [0.5, 0.6) is 0 Å². The molecule has 126 valence electrons. The molecule has 0 unspecified atom stereocenters. The largest absolute Gasteiger partial charge is 0.337 e. The number of benzene rings is 2. The zero-order valence-electron chi connectivity index (χ0n) is 14.6. The molecule has 0 amide bonds. The molecule has 0 fully saturated rings. The molecular weight excluding hydrogens is 312 g/mol. The Bertz CT molecular complexity index is 1050. The summed E-state index contributed by atoms with van der Waals surface area (Å²) in [5, 5.41) is 6.67. The summed E-state index contributed by atoms with van der Waals surface area (Å²) in [4.78, 5) is 17.0. The first-order valence-electron chi connectivity index (χ1n) is 8.56. The van der Waals surface area contributed by atoms with E-state index in [-0.39, 0.29) is 11.9 Å². The molecule has 25 heavy (non-hydrogen) atoms. The lowest BCUT2D eigenvalue weighted by molar-refractivity contribution is -0.147. The second kappa shape index (κ2) is 5.88. The highest BCUT2D eigenvalue weighted by atomic mass is 16.7. The van der Waals surface area contributed by atoms with E-state index < -0.39 is 0 Å². The molecule has 4 heteroatoms. The Balaban J connectivity index is 1.98. The van der Waals surface area contributed by atoms with Crippen molar-refractivity contribution in [3.05, 3.63) is 59.7 Å². The van der Waals surface area contributed by atoms with Gasteiger partial charge >= 0.3 is 5.97 Å². The molecule has 4 nitrogen and oxygen atoms in total. The van der Waals surface area contributed by atoms with Gasteiger partial charge in [-0.15, -0.1) is 0 Å². The van der Waals surface area contributed by atoms with Crippen LogP contribution in [-0.4, -0.2) is 16.2 Å². The van der Waals surface area contributed by atoms with Gasteiger partial charge in [0, 0.05) is 21.9 Å². The van der Waals surface area contributed by atoms with Gasteiger partial charge in [-0.2, -0.15) is 0 Å². The molecule has 0 aliphatic carbocycles. The molecule has 0 atom stereocenters. The number of fused-ring (bicyclic) bond motifs is 3. The SMILES string of the molecule is C/C=C1\Cn2c3ccccc3c3cccc(c32)\C1=N\OC(=O)C(C)C. The highest BCUT2D eigenvalue weighted by Gasteiger charge is 2.25. The fourth-order valence-electron chi connectivity index (χ4n) is 3.41. The molecule has 2 aromatic carbocycles. The number of oxime groups is 1. The molecule has 0 saturated carbocycles. The zero-order valence-corrected chi connectivity index (χ0v) is 14.6. The first-order chi connectivity index (χ1) is 12.1. The Morgan fingerprint density at radius 3 is 2.68 bits per heavy atom. The highest BCUT2D eigenvalue weighted by molar-refractivity contribution is 6.24. The number of allylic oxidation sites excluding steroid dienone is 2. The predicted molar refractivity (Wildman–Crippen MR) is 101 cm³/mol. The lowest BCUT2D eigenvalue weighted by Crippen LogP contribution is -2.20. The number of carbonyl (C=O) groups is 1. The number of rotatable bonds is 2. The molecule has 0 bridgehead atoms. The van der Waals surface area contributed by atoms with E-state index in [0.29, 0.717) is 0 Å². The number of para-hydroxylation sites is 2. The molecule has 0 radical (unpaired) electrons. The Morgan fingerprint density at radius 1 is 1.16 bits per heavy atom.